The highest BCUT2D eigenvalue weighted by atomic mass is 79.9. The summed E-state index contributed by atoms with van der Waals surface area (Å²) in [6.07, 6.45) is 0. The van der Waals surface area contributed by atoms with Crippen LogP contribution in [-0.2, 0) is 0 Å². The average molecular weight is 300 g/mol. The molecule has 94 valence electrons. The van der Waals surface area contributed by atoms with E-state index in [0.29, 0.717) is 11.3 Å². The van der Waals surface area contributed by atoms with Crippen LogP contribution < -0.4 is 11.1 Å². The predicted octanol–water partition coefficient (Wildman–Crippen LogP) is 1.71. The first-order chi connectivity index (χ1) is 7.90. The van der Waals surface area contributed by atoms with Crippen LogP contribution in [0.1, 0.15) is 17.3 Å². The summed E-state index contributed by atoms with van der Waals surface area (Å²) in [7, 11) is 3.94. The molecule has 0 spiro atoms. The van der Waals surface area contributed by atoms with E-state index in [4.69, 9.17) is 5.73 Å². The van der Waals surface area contributed by atoms with Gasteiger partial charge in [0.15, 0.2) is 0 Å². The molecule has 3 N–H and O–H groups in total. The highest BCUT2D eigenvalue weighted by Crippen LogP contribution is 2.18. The monoisotopic (exact) mass is 299 g/mol. The maximum Gasteiger partial charge on any atom is 0.253 e. The molecule has 0 fully saturated rings. The minimum atomic E-state index is -0.141. The molecule has 4 nitrogen and oxygen atoms in total. The van der Waals surface area contributed by atoms with Crippen LogP contribution in [0, 0.1) is 0 Å². The number of amides is 1. The third-order valence-electron chi connectivity index (χ3n) is 2.28. The molecule has 0 bridgehead atoms. The third-order valence-corrected chi connectivity index (χ3v) is 2.77. The first-order valence-electron chi connectivity index (χ1n) is 5.40. The molecule has 1 aromatic rings. The van der Waals surface area contributed by atoms with Crippen LogP contribution in [0.15, 0.2) is 22.7 Å². The van der Waals surface area contributed by atoms with E-state index in [1.54, 1.807) is 12.1 Å². The summed E-state index contributed by atoms with van der Waals surface area (Å²) in [5, 5.41) is 2.91. The van der Waals surface area contributed by atoms with E-state index in [1.807, 2.05) is 32.0 Å². The van der Waals surface area contributed by atoms with Gasteiger partial charge in [-0.2, -0.15) is 0 Å². The number of likely N-dealkylation sites (N-methyl/N-ethyl adjacent to an activating group) is 1. The van der Waals surface area contributed by atoms with Crippen molar-refractivity contribution in [3.05, 3.63) is 28.2 Å². The summed E-state index contributed by atoms with van der Waals surface area (Å²) >= 11 is 3.33. The molecule has 1 atom stereocenters. The van der Waals surface area contributed by atoms with Crippen LogP contribution >= 0.6 is 15.9 Å². The SMILES string of the molecule is CC(CN(C)C)NC(=O)c1cc(Br)ccc1N. The Bertz CT molecular complexity index is 407. The largest absolute Gasteiger partial charge is 0.398 e. The topological polar surface area (TPSA) is 58.4 Å². The van der Waals surface area contributed by atoms with E-state index in [0.717, 1.165) is 11.0 Å². The van der Waals surface area contributed by atoms with E-state index in [9.17, 15) is 4.79 Å². The molecular weight excluding hydrogens is 282 g/mol. The van der Waals surface area contributed by atoms with Crippen molar-refractivity contribution in [2.45, 2.75) is 13.0 Å². The van der Waals surface area contributed by atoms with Crippen LogP contribution in [0.5, 0.6) is 0 Å². The number of hydrogen-bond donors (Lipinski definition) is 2. The maximum atomic E-state index is 12.0. The van der Waals surface area contributed by atoms with Gasteiger partial charge in [0.2, 0.25) is 0 Å². The molecule has 0 aliphatic heterocycles. The lowest BCUT2D eigenvalue weighted by molar-refractivity contribution is 0.0935. The Morgan fingerprint density at radius 1 is 1.53 bits per heavy atom. The number of halogens is 1. The van der Waals surface area contributed by atoms with Crippen LogP contribution in [0.4, 0.5) is 5.69 Å². The van der Waals surface area contributed by atoms with Gasteiger partial charge in [-0.15, -0.1) is 0 Å². The van der Waals surface area contributed by atoms with E-state index < -0.39 is 0 Å². The lowest BCUT2D eigenvalue weighted by atomic mass is 10.1. The van der Waals surface area contributed by atoms with Gasteiger partial charge < -0.3 is 16.0 Å². The molecule has 0 saturated heterocycles. The number of hydrogen-bond acceptors (Lipinski definition) is 3. The highest BCUT2D eigenvalue weighted by molar-refractivity contribution is 9.10. The van der Waals surface area contributed by atoms with Crippen molar-refractivity contribution < 1.29 is 4.79 Å². The Hall–Kier alpha value is -1.07. The van der Waals surface area contributed by atoms with E-state index in [-0.39, 0.29) is 11.9 Å². The zero-order valence-corrected chi connectivity index (χ0v) is 11.9. The molecule has 0 aliphatic rings. The van der Waals surface area contributed by atoms with Gasteiger partial charge in [-0.25, -0.2) is 0 Å². The van der Waals surface area contributed by atoms with Gasteiger partial charge >= 0.3 is 0 Å². The van der Waals surface area contributed by atoms with E-state index in [1.165, 1.54) is 0 Å². The fraction of sp³-hybridized carbons (Fsp3) is 0.417. The molecule has 5 heteroatoms. The summed E-state index contributed by atoms with van der Waals surface area (Å²) in [6, 6.07) is 5.34. The second-order valence-electron chi connectivity index (χ2n) is 4.37. The summed E-state index contributed by atoms with van der Waals surface area (Å²) in [4.78, 5) is 14.0. The predicted molar refractivity (Wildman–Crippen MR) is 74.0 cm³/mol. The van der Waals surface area contributed by atoms with E-state index >= 15 is 0 Å². The second kappa shape index (κ2) is 6.02. The summed E-state index contributed by atoms with van der Waals surface area (Å²) < 4.78 is 0.845. The Morgan fingerprint density at radius 2 is 2.18 bits per heavy atom. The number of nitrogens with one attached hydrogen (secondary N) is 1. The van der Waals surface area contributed by atoms with Gasteiger partial charge in [0.1, 0.15) is 0 Å². The molecule has 1 unspecified atom stereocenters. The van der Waals surface area contributed by atoms with Crippen LogP contribution in [0.25, 0.3) is 0 Å². The Labute approximate surface area is 110 Å². The van der Waals surface area contributed by atoms with Crippen molar-refractivity contribution >= 4 is 27.5 Å². The molecule has 0 aliphatic carbocycles. The maximum absolute atomic E-state index is 12.0. The Kier molecular flexibility index (Phi) is 4.96. The number of rotatable bonds is 4. The number of carbonyl (C=O) groups excluding carboxylic acids is 1. The van der Waals surface area contributed by atoms with Crippen molar-refractivity contribution in [2.24, 2.45) is 0 Å². The molecule has 0 heterocycles. The standard InChI is InChI=1S/C12H18BrN3O/c1-8(7-16(2)3)15-12(17)10-6-9(13)4-5-11(10)14/h4-6,8H,7,14H2,1-3H3,(H,15,17). The zero-order chi connectivity index (χ0) is 13.0. The van der Waals surface area contributed by atoms with E-state index in [2.05, 4.69) is 21.2 Å². The molecule has 1 rings (SSSR count). The fourth-order valence-corrected chi connectivity index (χ4v) is 1.98. The van der Waals surface area contributed by atoms with Crippen LogP contribution in [0.3, 0.4) is 0 Å². The highest BCUT2D eigenvalue weighted by Gasteiger charge is 2.13. The number of nitrogen functional groups attached to an aromatic ring is 1. The smallest absolute Gasteiger partial charge is 0.253 e. The number of carbonyl (C=O) groups is 1. The zero-order valence-electron chi connectivity index (χ0n) is 10.3. The van der Waals surface area contributed by atoms with Gasteiger partial charge in [0.25, 0.3) is 5.91 Å². The number of anilines is 1. The van der Waals surface area contributed by atoms with Crippen molar-refractivity contribution in [1.29, 1.82) is 0 Å². The van der Waals surface area contributed by atoms with Gasteiger partial charge in [-0.1, -0.05) is 15.9 Å². The van der Waals surface area contributed by atoms with Crippen molar-refractivity contribution in [3.8, 4) is 0 Å². The Balaban J connectivity index is 2.73. The minimum absolute atomic E-state index is 0.0795. The molecule has 17 heavy (non-hydrogen) atoms. The fourth-order valence-electron chi connectivity index (χ4n) is 1.62. The number of nitrogens with zero attached hydrogens (tertiary/aromatic N) is 1. The van der Waals surface area contributed by atoms with Crippen LogP contribution in [0.2, 0.25) is 0 Å². The molecule has 0 aromatic heterocycles. The first kappa shape index (κ1) is 14.0. The van der Waals surface area contributed by atoms with Gasteiger partial charge in [0.05, 0.1) is 5.56 Å². The van der Waals surface area contributed by atoms with Gasteiger partial charge in [-0.05, 0) is 39.2 Å². The minimum Gasteiger partial charge on any atom is -0.398 e. The summed E-state index contributed by atoms with van der Waals surface area (Å²) in [6.45, 7) is 2.76. The Morgan fingerprint density at radius 3 is 2.76 bits per heavy atom. The lowest BCUT2D eigenvalue weighted by Gasteiger charge is -2.18. The molecule has 1 amide bonds. The normalized spacial score (nSPS) is 12.5. The summed E-state index contributed by atoms with van der Waals surface area (Å²) in [5.74, 6) is -0.141. The second-order valence-corrected chi connectivity index (χ2v) is 5.28. The molecule has 0 radical (unpaired) electrons. The number of benzene rings is 1. The van der Waals surface area contributed by atoms with Crippen molar-refractivity contribution in [1.82, 2.24) is 10.2 Å². The van der Waals surface area contributed by atoms with Crippen molar-refractivity contribution in [2.75, 3.05) is 26.4 Å². The first-order valence-corrected chi connectivity index (χ1v) is 6.20. The molecular formula is C12H18BrN3O. The number of nitrogens with two attached hydrogens (primary N) is 1. The van der Waals surface area contributed by atoms with Crippen LogP contribution in [-0.4, -0.2) is 37.5 Å². The van der Waals surface area contributed by atoms with Gasteiger partial charge in [-0.3, -0.25) is 4.79 Å². The lowest BCUT2D eigenvalue weighted by Crippen LogP contribution is -2.39. The van der Waals surface area contributed by atoms with Crippen molar-refractivity contribution in [3.63, 3.8) is 0 Å². The molecule has 1 aromatic carbocycles. The third kappa shape index (κ3) is 4.36. The van der Waals surface area contributed by atoms with Gasteiger partial charge in [0, 0.05) is 22.7 Å². The summed E-state index contributed by atoms with van der Waals surface area (Å²) in [5.41, 5.74) is 6.77. The quantitative estimate of drug-likeness (QED) is 0.832. The molecule has 0 saturated carbocycles. The average Bonchev–Trinajstić information content (AvgIpc) is 2.20.